The zero-order chi connectivity index (χ0) is 24.1. The second-order valence-electron chi connectivity index (χ2n) is 6.57. The van der Waals surface area contributed by atoms with E-state index in [1.165, 1.54) is 29.3 Å². The number of amides is 3. The molecule has 0 aliphatic carbocycles. The van der Waals surface area contributed by atoms with Crippen molar-refractivity contribution in [1.82, 2.24) is 20.5 Å². The second-order valence-corrected chi connectivity index (χ2v) is 8.57. The van der Waals surface area contributed by atoms with E-state index in [4.69, 9.17) is 10.5 Å². The van der Waals surface area contributed by atoms with E-state index in [-0.39, 0.29) is 58.4 Å². The number of thiazole rings is 1. The fourth-order valence-electron chi connectivity index (χ4n) is 3.09. The van der Waals surface area contributed by atoms with Crippen LogP contribution in [0.3, 0.4) is 0 Å². The molecule has 176 valence electrons. The largest absolute Gasteiger partial charge is 1.00 e. The molecular weight excluding hydrogens is 499 g/mol. The molecule has 2 aliphatic heterocycles. The van der Waals surface area contributed by atoms with Gasteiger partial charge in [0, 0.05) is 17.7 Å². The van der Waals surface area contributed by atoms with Crippen molar-refractivity contribution in [2.45, 2.75) is 18.3 Å². The molecule has 16 heteroatoms. The van der Waals surface area contributed by atoms with Gasteiger partial charge in [-0.2, -0.15) is 0 Å². The van der Waals surface area contributed by atoms with Crippen LogP contribution in [-0.2, 0) is 19.1 Å². The van der Waals surface area contributed by atoms with Crippen molar-refractivity contribution in [3.8, 4) is 0 Å². The summed E-state index contributed by atoms with van der Waals surface area (Å²) in [4.78, 5) is 53.1. The van der Waals surface area contributed by atoms with Crippen LogP contribution < -0.4 is 51.0 Å². The van der Waals surface area contributed by atoms with Gasteiger partial charge >= 0.3 is 35.7 Å². The molecule has 0 saturated carbocycles. The molecule has 3 amide bonds. The average molecular weight is 519 g/mol. The third kappa shape index (κ3) is 5.90. The summed E-state index contributed by atoms with van der Waals surface area (Å²) in [6, 6.07) is -1.05. The minimum absolute atomic E-state index is 0. The van der Waals surface area contributed by atoms with Gasteiger partial charge in [0.15, 0.2) is 10.8 Å². The number of fused-ring (bicyclic) bond motifs is 1. The van der Waals surface area contributed by atoms with Crippen molar-refractivity contribution in [2.24, 2.45) is 5.16 Å². The molecule has 0 spiro atoms. The maximum absolute atomic E-state index is 12.7. The number of allylic oxidation sites excluding steroid dienone is 1. The smallest absolute Gasteiger partial charge is 0.543 e. The Labute approximate surface area is 223 Å². The van der Waals surface area contributed by atoms with Gasteiger partial charge in [-0.05, 0) is 18.6 Å². The zero-order valence-electron chi connectivity index (χ0n) is 18.1. The second kappa shape index (κ2) is 12.2. The maximum atomic E-state index is 12.7. The first-order valence-electron chi connectivity index (χ1n) is 9.49. The number of hydrogen-bond donors (Lipinski definition) is 4. The summed E-state index contributed by atoms with van der Waals surface area (Å²) in [6.45, 7) is 2.04. The Morgan fingerprint density at radius 3 is 2.79 bits per heavy atom. The van der Waals surface area contributed by atoms with Crippen LogP contribution in [0.5, 0.6) is 0 Å². The molecule has 0 radical (unpaired) electrons. The van der Waals surface area contributed by atoms with Gasteiger partial charge in [-0.1, -0.05) is 11.2 Å². The third-order valence-electron chi connectivity index (χ3n) is 4.51. The molecule has 34 heavy (non-hydrogen) atoms. The van der Waals surface area contributed by atoms with E-state index in [2.05, 4.69) is 20.8 Å². The Kier molecular flexibility index (Phi) is 9.93. The average Bonchev–Trinajstić information content (AvgIpc) is 3.20. The van der Waals surface area contributed by atoms with Gasteiger partial charge in [0.2, 0.25) is 0 Å². The Hall–Kier alpha value is -2.59. The molecule has 3 heterocycles. The number of oxime groups is 1. The molecule has 2 atom stereocenters. The molecule has 1 aromatic rings. The summed E-state index contributed by atoms with van der Waals surface area (Å²) in [5, 5.41) is 29.6. The summed E-state index contributed by atoms with van der Waals surface area (Å²) in [5.41, 5.74) is 5.10. The molecule has 1 saturated heterocycles. The van der Waals surface area contributed by atoms with E-state index in [9.17, 15) is 29.5 Å². The van der Waals surface area contributed by atoms with Gasteiger partial charge in [-0.15, -0.1) is 23.1 Å². The molecule has 5 N–H and O–H groups in total. The number of carboxylic acid groups (broad SMARTS) is 1. The van der Waals surface area contributed by atoms with Crippen LogP contribution in [0.4, 0.5) is 9.93 Å². The maximum Gasteiger partial charge on any atom is 1.00 e. The minimum Gasteiger partial charge on any atom is -0.543 e. The fraction of sp³-hybridized carbons (Fsp3) is 0.333. The van der Waals surface area contributed by atoms with Crippen molar-refractivity contribution in [3.63, 3.8) is 0 Å². The van der Waals surface area contributed by atoms with Crippen LogP contribution in [0.15, 0.2) is 34.0 Å². The molecule has 0 bridgehead atoms. The number of β-lactam (4-membered cyclic amide) rings is 1. The van der Waals surface area contributed by atoms with Crippen molar-refractivity contribution >= 4 is 57.8 Å². The Balaban J connectivity index is 0.00000408. The van der Waals surface area contributed by atoms with E-state index in [1.807, 2.05) is 0 Å². The molecule has 1 unspecified atom stereocenters. The Morgan fingerprint density at radius 2 is 2.21 bits per heavy atom. The molecule has 2 aliphatic rings. The molecular formula is C18H19N6NaO7S2. The quantitative estimate of drug-likeness (QED) is 0.0857. The molecule has 13 nitrogen and oxygen atoms in total. The number of thioether (sulfide) groups is 1. The van der Waals surface area contributed by atoms with Gasteiger partial charge in [0.25, 0.3) is 11.8 Å². The Morgan fingerprint density at radius 1 is 1.47 bits per heavy atom. The number of carbonyl (C=O) groups excluding carboxylic acids is 4. The molecule has 1 aromatic heterocycles. The fourth-order valence-corrected chi connectivity index (χ4v) is 4.95. The summed E-state index contributed by atoms with van der Waals surface area (Å²) in [6.07, 6.45) is 2.27. The van der Waals surface area contributed by atoms with Crippen molar-refractivity contribution < 1.29 is 63.8 Å². The van der Waals surface area contributed by atoms with Gasteiger partial charge < -0.3 is 36.2 Å². The SMILES string of the molecule is CCNC(=O)OC/C=C\C1=C(C(=O)[O-])N2C(=O)C(NC(=O)/C(=N\O)c3csc(N)n3)[C@@H]2SC1.[Na+]. The monoisotopic (exact) mass is 518 g/mol. The van der Waals surface area contributed by atoms with E-state index in [1.54, 1.807) is 6.92 Å². The number of ether oxygens (including phenoxy) is 1. The number of aliphatic carboxylic acids is 1. The van der Waals surface area contributed by atoms with Crippen molar-refractivity contribution in [3.05, 3.63) is 34.5 Å². The summed E-state index contributed by atoms with van der Waals surface area (Å²) in [5.74, 6) is -2.89. The van der Waals surface area contributed by atoms with Crippen LogP contribution in [-0.4, -0.2) is 75.0 Å². The number of anilines is 1. The topological polar surface area (TPSA) is 199 Å². The van der Waals surface area contributed by atoms with Crippen LogP contribution in [0.25, 0.3) is 0 Å². The van der Waals surface area contributed by atoms with Crippen molar-refractivity contribution in [1.29, 1.82) is 0 Å². The first-order valence-corrected chi connectivity index (χ1v) is 11.4. The predicted octanol–water partition coefficient (Wildman–Crippen LogP) is -4.39. The standard InChI is InChI=1S/C18H20N6O7S2.Na/c1-2-20-18(29)31-5-3-4-8-6-32-15-11(14(26)24(15)12(8)16(27)28)22-13(25)10(23-30)9-7-33-17(19)21-9;/h3-4,7,11,15,30H,2,5-6H2,1H3,(H2,19,21)(H,20,29)(H,22,25)(H,27,28);/q;+1/p-1/b4-3-,23-10-;/t11?,15-;/m0./s1. The van der Waals surface area contributed by atoms with Gasteiger partial charge in [-0.3, -0.25) is 14.5 Å². The summed E-state index contributed by atoms with van der Waals surface area (Å²) in [7, 11) is 0. The number of rotatable bonds is 8. The van der Waals surface area contributed by atoms with Gasteiger partial charge in [-0.25, -0.2) is 9.78 Å². The normalized spacial score (nSPS) is 19.7. The number of alkyl carbamates (subject to hydrolysis) is 1. The number of nitrogens with two attached hydrogens (primary N) is 1. The van der Waals surface area contributed by atoms with E-state index in [0.29, 0.717) is 12.1 Å². The molecule has 1 fully saturated rings. The third-order valence-corrected chi connectivity index (χ3v) is 6.48. The van der Waals surface area contributed by atoms with E-state index in [0.717, 1.165) is 16.2 Å². The van der Waals surface area contributed by atoms with E-state index < -0.39 is 41.0 Å². The van der Waals surface area contributed by atoms with Crippen LogP contribution in [0, 0.1) is 0 Å². The Bertz CT molecular complexity index is 1070. The van der Waals surface area contributed by atoms with Crippen molar-refractivity contribution in [2.75, 3.05) is 24.6 Å². The first-order chi connectivity index (χ1) is 15.8. The van der Waals surface area contributed by atoms with Crippen LogP contribution in [0.2, 0.25) is 0 Å². The first kappa shape index (κ1) is 27.7. The number of hydrogen-bond acceptors (Lipinski definition) is 12. The number of carbonyl (C=O) groups is 4. The zero-order valence-corrected chi connectivity index (χ0v) is 21.8. The molecule has 0 aromatic carbocycles. The number of carboxylic acids is 1. The van der Waals surface area contributed by atoms with Crippen LogP contribution in [0.1, 0.15) is 12.6 Å². The van der Waals surface area contributed by atoms with E-state index >= 15 is 0 Å². The summed E-state index contributed by atoms with van der Waals surface area (Å²) < 4.78 is 4.88. The number of nitrogen functional groups attached to an aromatic ring is 1. The number of aromatic nitrogens is 1. The van der Waals surface area contributed by atoms with Crippen LogP contribution >= 0.6 is 23.1 Å². The number of nitrogens with zero attached hydrogens (tertiary/aromatic N) is 3. The number of nitrogens with one attached hydrogen (secondary N) is 2. The summed E-state index contributed by atoms with van der Waals surface area (Å²) >= 11 is 2.26. The minimum atomic E-state index is -1.56. The predicted molar refractivity (Wildman–Crippen MR) is 116 cm³/mol. The molecule has 3 rings (SSSR count). The van der Waals surface area contributed by atoms with Gasteiger partial charge in [0.1, 0.15) is 23.7 Å². The van der Waals surface area contributed by atoms with Gasteiger partial charge in [0.05, 0.1) is 11.7 Å².